The topological polar surface area (TPSA) is 41.1 Å². The lowest BCUT2D eigenvalue weighted by Gasteiger charge is -2.17. The van der Waals surface area contributed by atoms with Crippen molar-refractivity contribution < 1.29 is 4.79 Å². The van der Waals surface area contributed by atoms with E-state index in [1.807, 2.05) is 0 Å². The van der Waals surface area contributed by atoms with E-state index in [-0.39, 0.29) is 11.8 Å². The monoisotopic (exact) mass is 226 g/mol. The molecule has 3 heteroatoms. The van der Waals surface area contributed by atoms with Crippen LogP contribution in [0.1, 0.15) is 52.4 Å². The highest BCUT2D eigenvalue weighted by Gasteiger charge is 2.19. The Morgan fingerprint density at radius 3 is 2.56 bits per heavy atom. The van der Waals surface area contributed by atoms with Crippen LogP contribution in [-0.4, -0.2) is 25.0 Å². The molecular weight excluding hydrogens is 200 g/mol. The third kappa shape index (κ3) is 4.52. The minimum atomic E-state index is 0.233. The highest BCUT2D eigenvalue weighted by Crippen LogP contribution is 2.13. The lowest BCUT2D eigenvalue weighted by atomic mass is 9.97. The summed E-state index contributed by atoms with van der Waals surface area (Å²) in [5, 5.41) is 6.49. The summed E-state index contributed by atoms with van der Waals surface area (Å²) in [7, 11) is 0. The van der Waals surface area contributed by atoms with E-state index in [1.165, 1.54) is 12.8 Å². The molecule has 1 heterocycles. The minimum absolute atomic E-state index is 0.233. The van der Waals surface area contributed by atoms with Crippen LogP contribution in [0, 0.1) is 5.92 Å². The fraction of sp³-hybridized carbons (Fsp3) is 0.923. The van der Waals surface area contributed by atoms with E-state index in [1.54, 1.807) is 0 Å². The first-order chi connectivity index (χ1) is 7.77. The van der Waals surface area contributed by atoms with E-state index in [0.29, 0.717) is 6.04 Å². The Labute approximate surface area is 99.4 Å². The van der Waals surface area contributed by atoms with Crippen molar-refractivity contribution in [3.8, 4) is 0 Å². The molecule has 0 spiro atoms. The molecule has 0 aromatic carbocycles. The van der Waals surface area contributed by atoms with Crippen LogP contribution in [0.15, 0.2) is 0 Å². The summed E-state index contributed by atoms with van der Waals surface area (Å²) in [5.41, 5.74) is 0. The van der Waals surface area contributed by atoms with E-state index in [2.05, 4.69) is 24.5 Å². The van der Waals surface area contributed by atoms with Crippen molar-refractivity contribution in [1.82, 2.24) is 10.6 Å². The molecule has 94 valence electrons. The van der Waals surface area contributed by atoms with Gasteiger partial charge < -0.3 is 10.6 Å². The van der Waals surface area contributed by atoms with E-state index in [9.17, 15) is 4.79 Å². The number of rotatable bonds is 7. The molecule has 2 N–H and O–H groups in total. The highest BCUT2D eigenvalue weighted by atomic mass is 16.1. The van der Waals surface area contributed by atoms with Gasteiger partial charge in [-0.05, 0) is 32.2 Å². The Bertz CT molecular complexity index is 194. The molecule has 0 aromatic heterocycles. The molecule has 1 atom stereocenters. The summed E-state index contributed by atoms with van der Waals surface area (Å²) in [5.74, 6) is 0.494. The maximum Gasteiger partial charge on any atom is 0.223 e. The molecule has 3 nitrogen and oxygen atoms in total. The first-order valence-electron chi connectivity index (χ1n) is 6.79. The van der Waals surface area contributed by atoms with Gasteiger partial charge in [0.2, 0.25) is 5.91 Å². The van der Waals surface area contributed by atoms with Gasteiger partial charge in [-0.3, -0.25) is 4.79 Å². The molecule has 0 aromatic rings. The van der Waals surface area contributed by atoms with Gasteiger partial charge in [-0.25, -0.2) is 0 Å². The Hall–Kier alpha value is -0.570. The summed E-state index contributed by atoms with van der Waals surface area (Å²) in [6.45, 7) is 6.21. The van der Waals surface area contributed by atoms with Crippen molar-refractivity contribution in [2.75, 3.05) is 13.1 Å². The van der Waals surface area contributed by atoms with E-state index < -0.39 is 0 Å². The molecule has 0 aliphatic carbocycles. The highest BCUT2D eigenvalue weighted by molar-refractivity contribution is 5.78. The van der Waals surface area contributed by atoms with Crippen molar-refractivity contribution >= 4 is 5.91 Å². The van der Waals surface area contributed by atoms with E-state index >= 15 is 0 Å². The van der Waals surface area contributed by atoms with Crippen LogP contribution < -0.4 is 10.6 Å². The second-order valence-electron chi connectivity index (χ2n) is 4.81. The molecule has 1 saturated heterocycles. The summed E-state index contributed by atoms with van der Waals surface area (Å²) in [4.78, 5) is 11.9. The lowest BCUT2D eigenvalue weighted by molar-refractivity contribution is -0.125. The summed E-state index contributed by atoms with van der Waals surface area (Å²) < 4.78 is 0. The first-order valence-corrected chi connectivity index (χ1v) is 6.79. The standard InChI is InChI=1S/C13H26N2O/c1-3-6-11(7-4-2)13(16)15-10-12-8-5-9-14-12/h11-12,14H,3-10H2,1-2H3,(H,15,16). The smallest absolute Gasteiger partial charge is 0.223 e. The first kappa shape index (κ1) is 13.5. The van der Waals surface area contributed by atoms with Crippen LogP contribution in [-0.2, 0) is 4.79 Å². The van der Waals surface area contributed by atoms with Gasteiger partial charge in [0.15, 0.2) is 0 Å². The number of hydrogen-bond donors (Lipinski definition) is 2. The number of nitrogens with one attached hydrogen (secondary N) is 2. The molecule has 1 fully saturated rings. The van der Waals surface area contributed by atoms with Crippen molar-refractivity contribution in [3.63, 3.8) is 0 Å². The van der Waals surface area contributed by atoms with Crippen LogP contribution in [0.3, 0.4) is 0 Å². The normalized spacial score (nSPS) is 20.3. The van der Waals surface area contributed by atoms with Crippen molar-refractivity contribution in [3.05, 3.63) is 0 Å². The molecule has 0 radical (unpaired) electrons. The second kappa shape index (κ2) is 7.66. The van der Waals surface area contributed by atoms with E-state index in [4.69, 9.17) is 0 Å². The minimum Gasteiger partial charge on any atom is -0.354 e. The van der Waals surface area contributed by atoms with Crippen LogP contribution in [0.4, 0.5) is 0 Å². The molecule has 1 aliphatic heterocycles. The molecule has 16 heavy (non-hydrogen) atoms. The van der Waals surface area contributed by atoms with Crippen LogP contribution >= 0.6 is 0 Å². The van der Waals surface area contributed by atoms with Crippen LogP contribution in [0.25, 0.3) is 0 Å². The predicted octanol–water partition coefficient (Wildman–Crippen LogP) is 2.07. The molecule has 1 aliphatic rings. The van der Waals surface area contributed by atoms with Gasteiger partial charge in [-0.15, -0.1) is 0 Å². The maximum atomic E-state index is 11.9. The number of amides is 1. The molecule has 0 bridgehead atoms. The third-order valence-corrected chi connectivity index (χ3v) is 3.33. The average molecular weight is 226 g/mol. The zero-order valence-corrected chi connectivity index (χ0v) is 10.7. The van der Waals surface area contributed by atoms with Crippen LogP contribution in [0.2, 0.25) is 0 Å². The zero-order valence-electron chi connectivity index (χ0n) is 10.7. The predicted molar refractivity (Wildman–Crippen MR) is 67.3 cm³/mol. The lowest BCUT2D eigenvalue weighted by Crippen LogP contribution is -2.39. The van der Waals surface area contributed by atoms with Gasteiger partial charge in [-0.2, -0.15) is 0 Å². The van der Waals surface area contributed by atoms with Crippen LogP contribution in [0.5, 0.6) is 0 Å². The summed E-state index contributed by atoms with van der Waals surface area (Å²) in [6.07, 6.45) is 6.69. The Morgan fingerprint density at radius 1 is 1.38 bits per heavy atom. The van der Waals surface area contributed by atoms with Gasteiger partial charge in [0.1, 0.15) is 0 Å². The quantitative estimate of drug-likeness (QED) is 0.698. The summed E-state index contributed by atoms with van der Waals surface area (Å²) in [6, 6.07) is 0.507. The van der Waals surface area contributed by atoms with Crippen molar-refractivity contribution in [2.45, 2.75) is 58.4 Å². The molecule has 1 amide bonds. The fourth-order valence-electron chi connectivity index (χ4n) is 2.40. The Balaban J connectivity index is 2.24. The van der Waals surface area contributed by atoms with Gasteiger partial charge >= 0.3 is 0 Å². The number of carbonyl (C=O) groups excluding carboxylic acids is 1. The van der Waals surface area contributed by atoms with Gasteiger partial charge in [0, 0.05) is 18.5 Å². The Kier molecular flexibility index (Phi) is 6.46. The second-order valence-corrected chi connectivity index (χ2v) is 4.81. The fourth-order valence-corrected chi connectivity index (χ4v) is 2.40. The van der Waals surface area contributed by atoms with E-state index in [0.717, 1.165) is 38.8 Å². The molecule has 1 rings (SSSR count). The third-order valence-electron chi connectivity index (χ3n) is 3.33. The van der Waals surface area contributed by atoms with Gasteiger partial charge in [-0.1, -0.05) is 26.7 Å². The molecule has 0 saturated carbocycles. The summed E-state index contributed by atoms with van der Waals surface area (Å²) >= 11 is 0. The SMILES string of the molecule is CCCC(CCC)C(=O)NCC1CCCN1. The molecular formula is C13H26N2O. The Morgan fingerprint density at radius 2 is 2.06 bits per heavy atom. The van der Waals surface area contributed by atoms with Gasteiger partial charge in [0.25, 0.3) is 0 Å². The number of carbonyl (C=O) groups is 1. The maximum absolute atomic E-state index is 11.9. The number of hydrogen-bond acceptors (Lipinski definition) is 2. The van der Waals surface area contributed by atoms with Crippen molar-refractivity contribution in [1.29, 1.82) is 0 Å². The zero-order chi connectivity index (χ0) is 11.8. The molecule has 1 unspecified atom stereocenters. The van der Waals surface area contributed by atoms with Crippen molar-refractivity contribution in [2.24, 2.45) is 5.92 Å². The largest absolute Gasteiger partial charge is 0.354 e. The van der Waals surface area contributed by atoms with Gasteiger partial charge in [0.05, 0.1) is 0 Å². The average Bonchev–Trinajstić information content (AvgIpc) is 2.78.